The molecule has 0 radical (unpaired) electrons. The molecule has 1 amide bonds. The minimum absolute atomic E-state index is 0.127. The van der Waals surface area contributed by atoms with Gasteiger partial charge in [-0.05, 0) is 49.2 Å². The molecule has 0 aliphatic carbocycles. The first-order valence-electron chi connectivity index (χ1n) is 12.5. The molecule has 0 spiro atoms. The van der Waals surface area contributed by atoms with Gasteiger partial charge in [-0.25, -0.2) is 9.97 Å². The lowest BCUT2D eigenvalue weighted by molar-refractivity contribution is 0.0951. The highest BCUT2D eigenvalue weighted by molar-refractivity contribution is 5.94. The van der Waals surface area contributed by atoms with Crippen LogP contribution in [-0.4, -0.2) is 40.5 Å². The highest BCUT2D eigenvalue weighted by Gasteiger charge is 2.20. The summed E-state index contributed by atoms with van der Waals surface area (Å²) in [5.74, 6) is 1.45. The van der Waals surface area contributed by atoms with E-state index in [1.807, 2.05) is 66.8 Å². The van der Waals surface area contributed by atoms with Crippen LogP contribution < -0.4 is 21.1 Å². The minimum atomic E-state index is -0.127. The second-order valence-corrected chi connectivity index (χ2v) is 8.54. The van der Waals surface area contributed by atoms with Gasteiger partial charge in [0.1, 0.15) is 5.75 Å². The van der Waals surface area contributed by atoms with E-state index in [0.29, 0.717) is 29.5 Å². The minimum Gasteiger partial charge on any atom is -0.497 e. The van der Waals surface area contributed by atoms with Gasteiger partial charge < -0.3 is 21.1 Å². The second-order valence-electron chi connectivity index (χ2n) is 8.54. The Morgan fingerprint density at radius 2 is 1.92 bits per heavy atom. The molecule has 8 nitrogen and oxygen atoms in total. The number of piperidine rings is 1. The molecule has 5 rings (SSSR count). The molecule has 36 heavy (non-hydrogen) atoms. The van der Waals surface area contributed by atoms with Crippen LogP contribution >= 0.6 is 0 Å². The Bertz CT molecular complexity index is 1290. The normalized spacial score (nSPS) is 15.1. The van der Waals surface area contributed by atoms with Gasteiger partial charge in [-0.1, -0.05) is 38.1 Å². The van der Waals surface area contributed by atoms with E-state index in [9.17, 15) is 4.79 Å². The molecule has 0 bridgehead atoms. The van der Waals surface area contributed by atoms with E-state index in [2.05, 4.69) is 21.8 Å². The van der Waals surface area contributed by atoms with Crippen molar-refractivity contribution in [2.45, 2.75) is 39.2 Å². The van der Waals surface area contributed by atoms with E-state index in [0.717, 1.165) is 54.2 Å². The number of anilines is 1. The fourth-order valence-electron chi connectivity index (χ4n) is 4.35. The van der Waals surface area contributed by atoms with E-state index in [1.165, 1.54) is 0 Å². The van der Waals surface area contributed by atoms with Gasteiger partial charge in [0, 0.05) is 36.3 Å². The third kappa shape index (κ3) is 5.49. The summed E-state index contributed by atoms with van der Waals surface area (Å²) in [6.45, 7) is 6.42. The highest BCUT2D eigenvalue weighted by atomic mass is 16.5. The summed E-state index contributed by atoms with van der Waals surface area (Å²) in [7, 11) is 1.63. The first kappa shape index (κ1) is 25.2. The molecule has 2 aromatic carbocycles. The van der Waals surface area contributed by atoms with Crippen molar-refractivity contribution < 1.29 is 9.53 Å². The largest absolute Gasteiger partial charge is 0.497 e. The SMILES string of the molecule is CC.COc1ccc(CNC(=O)c2ccc(-c3cnc(N)c4nc(C5CCCNC5)cn34)cc2)cc1. The number of nitrogens with zero attached hydrogens (tertiary/aromatic N) is 3. The fraction of sp³-hybridized carbons (Fsp3) is 0.321. The number of amides is 1. The number of carbonyl (C=O) groups is 1. The van der Waals surface area contributed by atoms with Crippen LogP contribution in [0.4, 0.5) is 5.82 Å². The Morgan fingerprint density at radius 1 is 1.17 bits per heavy atom. The van der Waals surface area contributed by atoms with Gasteiger partial charge in [-0.15, -0.1) is 0 Å². The van der Waals surface area contributed by atoms with Crippen LogP contribution in [0.15, 0.2) is 60.9 Å². The molecule has 1 atom stereocenters. The third-order valence-corrected chi connectivity index (χ3v) is 6.31. The zero-order chi connectivity index (χ0) is 25.5. The number of nitrogens with two attached hydrogens (primary N) is 1. The van der Waals surface area contributed by atoms with Crippen LogP contribution in [0.3, 0.4) is 0 Å². The fourth-order valence-corrected chi connectivity index (χ4v) is 4.35. The van der Waals surface area contributed by atoms with Gasteiger partial charge in [0.2, 0.25) is 0 Å². The topological polar surface area (TPSA) is 107 Å². The van der Waals surface area contributed by atoms with Crippen molar-refractivity contribution in [3.63, 3.8) is 0 Å². The smallest absolute Gasteiger partial charge is 0.251 e. The number of nitrogen functional groups attached to an aromatic ring is 1. The van der Waals surface area contributed by atoms with E-state index < -0.39 is 0 Å². The zero-order valence-corrected chi connectivity index (χ0v) is 21.1. The number of nitrogens with one attached hydrogen (secondary N) is 2. The number of aromatic nitrogens is 3. The number of hydrogen-bond acceptors (Lipinski definition) is 6. The summed E-state index contributed by atoms with van der Waals surface area (Å²) >= 11 is 0. The molecule has 188 valence electrons. The molecule has 1 saturated heterocycles. The van der Waals surface area contributed by atoms with Crippen LogP contribution in [0.2, 0.25) is 0 Å². The molecule has 3 heterocycles. The van der Waals surface area contributed by atoms with Gasteiger partial charge in [-0.2, -0.15) is 0 Å². The molecular weight excluding hydrogens is 452 g/mol. The summed E-state index contributed by atoms with van der Waals surface area (Å²) in [5.41, 5.74) is 11.3. The van der Waals surface area contributed by atoms with Crippen LogP contribution in [0.5, 0.6) is 5.75 Å². The number of hydrogen-bond donors (Lipinski definition) is 3. The van der Waals surface area contributed by atoms with Crippen molar-refractivity contribution in [2.75, 3.05) is 25.9 Å². The Kier molecular flexibility index (Phi) is 8.17. The molecule has 8 heteroatoms. The zero-order valence-electron chi connectivity index (χ0n) is 21.1. The molecule has 4 N–H and O–H groups in total. The number of benzene rings is 2. The number of ether oxygens (including phenoxy) is 1. The quantitative estimate of drug-likeness (QED) is 0.373. The molecule has 1 aliphatic heterocycles. The number of imidazole rings is 1. The predicted octanol–water partition coefficient (Wildman–Crippen LogP) is 4.41. The van der Waals surface area contributed by atoms with Gasteiger partial charge >= 0.3 is 0 Å². The van der Waals surface area contributed by atoms with Gasteiger partial charge in [0.15, 0.2) is 11.5 Å². The predicted molar refractivity (Wildman–Crippen MR) is 143 cm³/mol. The van der Waals surface area contributed by atoms with Crippen molar-refractivity contribution in [3.05, 3.63) is 77.7 Å². The van der Waals surface area contributed by atoms with Crippen molar-refractivity contribution in [1.82, 2.24) is 25.0 Å². The van der Waals surface area contributed by atoms with Gasteiger partial charge in [0.25, 0.3) is 5.91 Å². The molecule has 0 saturated carbocycles. The Balaban J connectivity index is 0.00000148. The average Bonchev–Trinajstić information content (AvgIpc) is 3.40. The Hall–Kier alpha value is -3.91. The summed E-state index contributed by atoms with van der Waals surface area (Å²) < 4.78 is 7.17. The maximum atomic E-state index is 12.6. The van der Waals surface area contributed by atoms with Gasteiger partial charge in [-0.3, -0.25) is 9.20 Å². The van der Waals surface area contributed by atoms with Gasteiger partial charge in [0.05, 0.1) is 24.7 Å². The standard InChI is InChI=1S/C26H28N6O2.C2H6/c1-34-21-10-4-17(5-11-21)13-30-26(33)19-8-6-18(7-9-19)23-15-29-24(27)25-31-22(16-32(23)25)20-3-2-12-28-14-20;1-2/h4-11,15-16,20,28H,2-3,12-14H2,1H3,(H2,27,29)(H,30,33);1-2H3. The Labute approximate surface area is 211 Å². The van der Waals surface area contributed by atoms with Crippen LogP contribution in [-0.2, 0) is 6.54 Å². The number of rotatable bonds is 6. The van der Waals surface area contributed by atoms with E-state index >= 15 is 0 Å². The number of fused-ring (bicyclic) bond motifs is 1. The van der Waals surface area contributed by atoms with E-state index in [-0.39, 0.29) is 5.91 Å². The second kappa shape index (κ2) is 11.7. The summed E-state index contributed by atoms with van der Waals surface area (Å²) in [4.78, 5) is 21.8. The van der Waals surface area contributed by atoms with Crippen LogP contribution in [0.25, 0.3) is 16.9 Å². The van der Waals surface area contributed by atoms with Crippen LogP contribution in [0.1, 0.15) is 54.2 Å². The van der Waals surface area contributed by atoms with Crippen molar-refractivity contribution in [1.29, 1.82) is 0 Å². The maximum Gasteiger partial charge on any atom is 0.251 e. The summed E-state index contributed by atoms with van der Waals surface area (Å²) in [6.07, 6.45) is 6.07. The van der Waals surface area contributed by atoms with E-state index in [4.69, 9.17) is 15.5 Å². The summed E-state index contributed by atoms with van der Waals surface area (Å²) in [6, 6.07) is 15.1. The van der Waals surface area contributed by atoms with Crippen molar-refractivity contribution in [2.24, 2.45) is 0 Å². The molecule has 1 unspecified atom stereocenters. The molecule has 4 aromatic rings. The molecule has 1 fully saturated rings. The maximum absolute atomic E-state index is 12.6. The third-order valence-electron chi connectivity index (χ3n) is 6.31. The molecule has 2 aromatic heterocycles. The monoisotopic (exact) mass is 486 g/mol. The van der Waals surface area contributed by atoms with E-state index in [1.54, 1.807) is 13.3 Å². The first-order chi connectivity index (χ1) is 17.6. The lowest BCUT2D eigenvalue weighted by Gasteiger charge is -2.20. The highest BCUT2D eigenvalue weighted by Crippen LogP contribution is 2.28. The molecule has 1 aliphatic rings. The number of methoxy groups -OCH3 is 1. The lowest BCUT2D eigenvalue weighted by Crippen LogP contribution is -2.28. The lowest BCUT2D eigenvalue weighted by atomic mass is 9.97. The molecular formula is C28H34N6O2. The number of carbonyl (C=O) groups excluding carboxylic acids is 1. The van der Waals surface area contributed by atoms with Crippen molar-refractivity contribution >= 4 is 17.4 Å². The first-order valence-corrected chi connectivity index (χ1v) is 12.5. The van der Waals surface area contributed by atoms with Crippen molar-refractivity contribution in [3.8, 4) is 17.0 Å². The Morgan fingerprint density at radius 3 is 2.58 bits per heavy atom. The summed E-state index contributed by atoms with van der Waals surface area (Å²) in [5, 5.41) is 6.40. The van der Waals surface area contributed by atoms with Crippen LogP contribution in [0, 0.1) is 0 Å². The average molecular weight is 487 g/mol.